The van der Waals surface area contributed by atoms with Gasteiger partial charge in [0.2, 0.25) is 0 Å². The lowest BCUT2D eigenvalue weighted by molar-refractivity contribution is 0.548. The maximum absolute atomic E-state index is 13.5. The van der Waals surface area contributed by atoms with Crippen molar-refractivity contribution >= 4 is 27.3 Å². The molecule has 2 aromatic rings. The molecule has 0 aliphatic carbocycles. The van der Waals surface area contributed by atoms with E-state index >= 15 is 0 Å². The molecule has 0 saturated heterocycles. The Morgan fingerprint density at radius 1 is 1.53 bits per heavy atom. The molecular weight excluding hydrogens is 303 g/mol. The van der Waals surface area contributed by atoms with Crippen LogP contribution in [0.25, 0.3) is 0 Å². The van der Waals surface area contributed by atoms with E-state index in [1.165, 1.54) is 6.07 Å². The normalized spacial score (nSPS) is 12.6. The van der Waals surface area contributed by atoms with Crippen LogP contribution in [0.2, 0.25) is 0 Å². The van der Waals surface area contributed by atoms with Crippen LogP contribution >= 0.6 is 27.3 Å². The molecule has 1 N–H and O–H groups in total. The van der Waals surface area contributed by atoms with Crippen molar-refractivity contribution in [1.29, 1.82) is 0 Å². The van der Waals surface area contributed by atoms with Crippen LogP contribution in [0.1, 0.15) is 23.4 Å². The van der Waals surface area contributed by atoms with Crippen molar-refractivity contribution in [2.24, 2.45) is 0 Å². The minimum absolute atomic E-state index is 0.181. The summed E-state index contributed by atoms with van der Waals surface area (Å²) in [5, 5.41) is 3.28. The van der Waals surface area contributed by atoms with E-state index in [-0.39, 0.29) is 11.9 Å². The number of nitrogens with one attached hydrogen (secondary N) is 1. The summed E-state index contributed by atoms with van der Waals surface area (Å²) in [6, 6.07) is 5.15. The number of thiazole rings is 1. The first-order valence-corrected chi connectivity index (χ1v) is 6.90. The lowest BCUT2D eigenvalue weighted by atomic mass is 10.2. The zero-order chi connectivity index (χ0) is 12.3. The number of hydrogen-bond donors (Lipinski definition) is 1. The summed E-state index contributed by atoms with van der Waals surface area (Å²) in [5.41, 5.74) is 2.46. The number of hydrogen-bond acceptors (Lipinski definition) is 3. The highest BCUT2D eigenvalue weighted by Crippen LogP contribution is 2.19. The van der Waals surface area contributed by atoms with E-state index < -0.39 is 0 Å². The number of halogens is 2. The third-order valence-corrected chi connectivity index (χ3v) is 3.94. The topological polar surface area (TPSA) is 24.9 Å². The predicted octanol–water partition coefficient (Wildman–Crippen LogP) is 3.90. The fourth-order valence-electron chi connectivity index (χ4n) is 1.48. The van der Waals surface area contributed by atoms with Crippen molar-refractivity contribution in [3.8, 4) is 0 Å². The highest BCUT2D eigenvalue weighted by molar-refractivity contribution is 9.10. The molecule has 0 spiro atoms. The molecular formula is C12H12BrFN2S. The minimum atomic E-state index is -0.183. The summed E-state index contributed by atoms with van der Waals surface area (Å²) in [4.78, 5) is 5.18. The largest absolute Gasteiger partial charge is 0.305 e. The first-order chi connectivity index (χ1) is 8.16. The van der Waals surface area contributed by atoms with Gasteiger partial charge < -0.3 is 5.32 Å². The van der Waals surface area contributed by atoms with Crippen LogP contribution in [0.15, 0.2) is 34.4 Å². The molecule has 0 aliphatic heterocycles. The van der Waals surface area contributed by atoms with Gasteiger partial charge in [0.05, 0.1) is 5.51 Å². The summed E-state index contributed by atoms with van der Waals surface area (Å²) in [6.45, 7) is 2.55. The maximum atomic E-state index is 13.5. The van der Waals surface area contributed by atoms with E-state index in [0.717, 1.165) is 9.35 Å². The smallest absolute Gasteiger partial charge is 0.127 e. The highest BCUT2D eigenvalue weighted by atomic mass is 79.9. The minimum Gasteiger partial charge on any atom is -0.305 e. The summed E-state index contributed by atoms with van der Waals surface area (Å²) >= 11 is 4.94. The molecule has 0 aliphatic rings. The zero-order valence-corrected chi connectivity index (χ0v) is 11.7. The second kappa shape index (κ2) is 5.71. The second-order valence-corrected chi connectivity index (χ2v) is 5.58. The quantitative estimate of drug-likeness (QED) is 0.926. The van der Waals surface area contributed by atoms with E-state index in [2.05, 4.69) is 26.2 Å². The predicted molar refractivity (Wildman–Crippen MR) is 71.5 cm³/mol. The van der Waals surface area contributed by atoms with Gasteiger partial charge in [-0.05, 0) is 25.1 Å². The van der Waals surface area contributed by atoms with Crippen molar-refractivity contribution in [2.75, 3.05) is 0 Å². The Morgan fingerprint density at radius 2 is 2.35 bits per heavy atom. The SMILES string of the molecule is CC(NCc1cc(Br)ccc1F)c1cncs1. The maximum Gasteiger partial charge on any atom is 0.127 e. The molecule has 0 radical (unpaired) electrons. The summed E-state index contributed by atoms with van der Waals surface area (Å²) in [6.07, 6.45) is 1.83. The summed E-state index contributed by atoms with van der Waals surface area (Å²) in [7, 11) is 0. The number of benzene rings is 1. The third kappa shape index (κ3) is 3.34. The number of aromatic nitrogens is 1. The van der Waals surface area contributed by atoms with Crippen molar-refractivity contribution in [2.45, 2.75) is 19.5 Å². The van der Waals surface area contributed by atoms with Gasteiger partial charge in [-0.3, -0.25) is 4.98 Å². The van der Waals surface area contributed by atoms with Crippen LogP contribution in [0.3, 0.4) is 0 Å². The van der Waals surface area contributed by atoms with Crippen LogP contribution in [0, 0.1) is 5.82 Å². The third-order valence-electron chi connectivity index (χ3n) is 2.48. The molecule has 1 unspecified atom stereocenters. The Labute approximate surface area is 112 Å². The molecule has 0 amide bonds. The number of nitrogens with zero attached hydrogens (tertiary/aromatic N) is 1. The first-order valence-electron chi connectivity index (χ1n) is 5.22. The molecule has 2 nitrogen and oxygen atoms in total. The molecule has 5 heteroatoms. The van der Waals surface area contributed by atoms with Gasteiger partial charge in [0.15, 0.2) is 0 Å². The van der Waals surface area contributed by atoms with Crippen molar-refractivity contribution < 1.29 is 4.39 Å². The van der Waals surface area contributed by atoms with Crippen LogP contribution in [-0.4, -0.2) is 4.98 Å². The molecule has 90 valence electrons. The molecule has 17 heavy (non-hydrogen) atoms. The van der Waals surface area contributed by atoms with Gasteiger partial charge in [-0.2, -0.15) is 0 Å². The molecule has 0 fully saturated rings. The van der Waals surface area contributed by atoms with Gasteiger partial charge in [0, 0.05) is 33.7 Å². The lowest BCUT2D eigenvalue weighted by Crippen LogP contribution is -2.17. The molecule has 2 rings (SSSR count). The first kappa shape index (κ1) is 12.7. The fourth-order valence-corrected chi connectivity index (χ4v) is 2.54. The summed E-state index contributed by atoms with van der Waals surface area (Å²) in [5.74, 6) is -0.183. The second-order valence-electron chi connectivity index (χ2n) is 3.74. The fraction of sp³-hybridized carbons (Fsp3) is 0.250. The van der Waals surface area contributed by atoms with Crippen LogP contribution < -0.4 is 5.32 Å². The molecule has 1 aromatic carbocycles. The molecule has 0 saturated carbocycles. The molecule has 1 heterocycles. The van der Waals surface area contributed by atoms with Gasteiger partial charge in [0.1, 0.15) is 5.82 Å². The van der Waals surface area contributed by atoms with E-state index in [9.17, 15) is 4.39 Å². The van der Waals surface area contributed by atoms with Gasteiger partial charge in [-0.25, -0.2) is 4.39 Å². The lowest BCUT2D eigenvalue weighted by Gasteiger charge is -2.12. The van der Waals surface area contributed by atoms with E-state index in [1.807, 2.05) is 13.1 Å². The number of rotatable bonds is 4. The molecule has 0 bridgehead atoms. The van der Waals surface area contributed by atoms with E-state index in [4.69, 9.17) is 0 Å². The Kier molecular flexibility index (Phi) is 4.25. The van der Waals surface area contributed by atoms with Crippen LogP contribution in [-0.2, 0) is 6.54 Å². The van der Waals surface area contributed by atoms with Crippen molar-refractivity contribution in [3.63, 3.8) is 0 Å². The average molecular weight is 315 g/mol. The average Bonchev–Trinajstić information content (AvgIpc) is 2.83. The van der Waals surface area contributed by atoms with Crippen LogP contribution in [0.4, 0.5) is 4.39 Å². The van der Waals surface area contributed by atoms with Gasteiger partial charge in [-0.15, -0.1) is 11.3 Å². The summed E-state index contributed by atoms with van der Waals surface area (Å²) < 4.78 is 14.4. The Morgan fingerprint density at radius 3 is 3.06 bits per heavy atom. The zero-order valence-electron chi connectivity index (χ0n) is 9.28. The van der Waals surface area contributed by atoms with Gasteiger partial charge in [-0.1, -0.05) is 15.9 Å². The Balaban J connectivity index is 2.00. The van der Waals surface area contributed by atoms with E-state index in [0.29, 0.717) is 12.1 Å². The highest BCUT2D eigenvalue weighted by Gasteiger charge is 2.08. The Bertz CT molecular complexity index is 487. The van der Waals surface area contributed by atoms with Crippen molar-refractivity contribution in [3.05, 3.63) is 50.6 Å². The van der Waals surface area contributed by atoms with E-state index in [1.54, 1.807) is 29.0 Å². The Hall–Kier alpha value is -0.780. The van der Waals surface area contributed by atoms with Crippen LogP contribution in [0.5, 0.6) is 0 Å². The van der Waals surface area contributed by atoms with Gasteiger partial charge in [0.25, 0.3) is 0 Å². The molecule has 1 aromatic heterocycles. The molecule has 1 atom stereocenters. The van der Waals surface area contributed by atoms with Gasteiger partial charge >= 0.3 is 0 Å². The van der Waals surface area contributed by atoms with Crippen molar-refractivity contribution in [1.82, 2.24) is 10.3 Å². The monoisotopic (exact) mass is 314 g/mol. The standard InChI is InChI=1S/C12H12BrFN2S/c1-8(12-6-15-7-17-12)16-5-9-4-10(13)2-3-11(9)14/h2-4,6-8,16H,5H2,1H3.